The highest BCUT2D eigenvalue weighted by molar-refractivity contribution is 5.85. The van der Waals surface area contributed by atoms with E-state index in [0.717, 1.165) is 11.8 Å². The molecule has 0 amide bonds. The number of fused-ring (bicyclic) bond motifs is 1. The molecule has 6 nitrogen and oxygen atoms in total. The predicted octanol–water partition coefficient (Wildman–Crippen LogP) is 1.65. The Morgan fingerprint density at radius 2 is 2.00 bits per heavy atom. The average Bonchev–Trinajstić information content (AvgIpc) is 2.56. The van der Waals surface area contributed by atoms with Gasteiger partial charge in [-0.15, -0.1) is 0 Å². The Kier molecular flexibility index (Phi) is 3.57. The molecular weight excluding hydrogens is 278 g/mol. The molecule has 0 fully saturated rings. The number of nitrogens with zero attached hydrogens (tertiary/aromatic N) is 2. The third-order valence-corrected chi connectivity index (χ3v) is 3.37. The van der Waals surface area contributed by atoms with E-state index >= 15 is 0 Å². The van der Waals surface area contributed by atoms with Gasteiger partial charge in [0.1, 0.15) is 6.29 Å². The van der Waals surface area contributed by atoms with Gasteiger partial charge in [-0.25, -0.2) is 9.66 Å². The van der Waals surface area contributed by atoms with Crippen LogP contribution < -0.4 is 16.6 Å². The van der Waals surface area contributed by atoms with E-state index in [1.165, 1.54) is 0 Å². The number of rotatable bonds is 4. The number of aromatic nitrogens is 2. The standard InChI is InChI=1S/C16H15N5O/c17-15-16(18)21(19-9-11-4-2-1-3-5-11)14-7-6-12(10-22)8-13(14)20-15/h1-8,10,18-19H,9H2,(H2,17,20). The van der Waals surface area contributed by atoms with Gasteiger partial charge in [0.05, 0.1) is 17.6 Å². The Labute approximate surface area is 126 Å². The molecule has 0 saturated carbocycles. The van der Waals surface area contributed by atoms with Crippen molar-refractivity contribution in [1.82, 2.24) is 9.66 Å². The summed E-state index contributed by atoms with van der Waals surface area (Å²) in [5.41, 5.74) is 11.9. The van der Waals surface area contributed by atoms with Gasteiger partial charge in [0.25, 0.3) is 0 Å². The Balaban J connectivity index is 2.05. The van der Waals surface area contributed by atoms with Crippen LogP contribution in [0.4, 0.5) is 5.82 Å². The number of benzene rings is 2. The third-order valence-electron chi connectivity index (χ3n) is 3.37. The molecule has 1 heterocycles. The van der Waals surface area contributed by atoms with Gasteiger partial charge < -0.3 is 11.2 Å². The molecule has 0 bridgehead atoms. The summed E-state index contributed by atoms with van der Waals surface area (Å²) in [5, 5.41) is 8.09. The van der Waals surface area contributed by atoms with E-state index in [-0.39, 0.29) is 11.3 Å². The number of carbonyl (C=O) groups is 1. The molecule has 4 N–H and O–H groups in total. The maximum absolute atomic E-state index is 10.9. The number of hydrogen-bond donors (Lipinski definition) is 3. The van der Waals surface area contributed by atoms with Crippen molar-refractivity contribution in [2.75, 3.05) is 11.2 Å². The molecule has 0 spiro atoms. The molecule has 22 heavy (non-hydrogen) atoms. The van der Waals surface area contributed by atoms with Gasteiger partial charge in [0.15, 0.2) is 11.3 Å². The summed E-state index contributed by atoms with van der Waals surface area (Å²) in [6, 6.07) is 14.9. The topological polar surface area (TPSA) is 96.8 Å². The molecule has 6 heteroatoms. The van der Waals surface area contributed by atoms with Crippen LogP contribution in [-0.4, -0.2) is 15.9 Å². The Morgan fingerprint density at radius 1 is 1.23 bits per heavy atom. The molecular formula is C16H15N5O. The summed E-state index contributed by atoms with van der Waals surface area (Å²) >= 11 is 0. The van der Waals surface area contributed by atoms with Crippen LogP contribution in [0.3, 0.4) is 0 Å². The number of anilines is 1. The van der Waals surface area contributed by atoms with E-state index in [9.17, 15) is 4.79 Å². The van der Waals surface area contributed by atoms with Gasteiger partial charge >= 0.3 is 0 Å². The third kappa shape index (κ3) is 2.54. The molecule has 0 unspecified atom stereocenters. The molecule has 0 radical (unpaired) electrons. The smallest absolute Gasteiger partial charge is 0.187 e. The van der Waals surface area contributed by atoms with E-state index < -0.39 is 0 Å². The summed E-state index contributed by atoms with van der Waals surface area (Å²) in [6.07, 6.45) is 0.758. The molecule has 2 aromatic carbocycles. The van der Waals surface area contributed by atoms with E-state index in [1.807, 2.05) is 30.3 Å². The van der Waals surface area contributed by atoms with Crippen molar-refractivity contribution in [3.05, 3.63) is 65.1 Å². The van der Waals surface area contributed by atoms with Crippen LogP contribution in [0.1, 0.15) is 15.9 Å². The molecule has 0 saturated heterocycles. The van der Waals surface area contributed by atoms with E-state index in [4.69, 9.17) is 11.1 Å². The fourth-order valence-electron chi connectivity index (χ4n) is 2.24. The first-order valence-corrected chi connectivity index (χ1v) is 6.79. The zero-order chi connectivity index (χ0) is 15.5. The second-order valence-corrected chi connectivity index (χ2v) is 4.87. The molecule has 110 valence electrons. The summed E-state index contributed by atoms with van der Waals surface area (Å²) in [6.45, 7) is 0.547. The monoisotopic (exact) mass is 293 g/mol. The number of carbonyl (C=O) groups excluding carboxylic acids is 1. The molecule has 0 aliphatic heterocycles. The van der Waals surface area contributed by atoms with Crippen LogP contribution in [0.25, 0.3) is 11.0 Å². The minimum absolute atomic E-state index is 0.0854. The first kappa shape index (κ1) is 13.8. The fraction of sp³-hybridized carbons (Fsp3) is 0.0625. The second-order valence-electron chi connectivity index (χ2n) is 4.87. The minimum atomic E-state index is 0.0854. The van der Waals surface area contributed by atoms with Crippen molar-refractivity contribution in [2.24, 2.45) is 0 Å². The maximum Gasteiger partial charge on any atom is 0.187 e. The Bertz CT molecular complexity index is 886. The van der Waals surface area contributed by atoms with Gasteiger partial charge in [-0.2, -0.15) is 0 Å². The lowest BCUT2D eigenvalue weighted by atomic mass is 10.2. The maximum atomic E-state index is 10.9. The Morgan fingerprint density at radius 3 is 2.73 bits per heavy atom. The highest BCUT2D eigenvalue weighted by Crippen LogP contribution is 2.12. The van der Waals surface area contributed by atoms with Crippen LogP contribution in [0.5, 0.6) is 0 Å². The molecule has 0 atom stereocenters. The normalized spacial score (nSPS) is 10.5. The van der Waals surface area contributed by atoms with Crippen molar-refractivity contribution in [3.8, 4) is 0 Å². The number of hydrogen-bond acceptors (Lipinski definition) is 5. The summed E-state index contributed by atoms with van der Waals surface area (Å²) in [4.78, 5) is 15.0. The largest absolute Gasteiger partial charge is 0.381 e. The van der Waals surface area contributed by atoms with Crippen LogP contribution in [0.2, 0.25) is 0 Å². The van der Waals surface area contributed by atoms with Crippen molar-refractivity contribution < 1.29 is 4.79 Å². The lowest BCUT2D eigenvalue weighted by Gasteiger charge is -2.15. The summed E-state index contributed by atoms with van der Waals surface area (Å²) in [5.74, 6) is 0.108. The molecule has 1 aromatic heterocycles. The number of aldehydes is 1. The van der Waals surface area contributed by atoms with Gasteiger partial charge in [-0.1, -0.05) is 30.3 Å². The second kappa shape index (κ2) is 5.69. The zero-order valence-corrected chi connectivity index (χ0v) is 11.8. The summed E-state index contributed by atoms with van der Waals surface area (Å²) < 4.78 is 1.58. The van der Waals surface area contributed by atoms with Crippen LogP contribution in [-0.2, 0) is 6.54 Å². The number of nitrogen functional groups attached to an aromatic ring is 1. The van der Waals surface area contributed by atoms with Crippen molar-refractivity contribution in [3.63, 3.8) is 0 Å². The van der Waals surface area contributed by atoms with Crippen molar-refractivity contribution in [2.45, 2.75) is 6.54 Å². The summed E-state index contributed by atoms with van der Waals surface area (Å²) in [7, 11) is 0. The number of nitrogens with one attached hydrogen (secondary N) is 2. The predicted molar refractivity (Wildman–Crippen MR) is 84.9 cm³/mol. The Hall–Kier alpha value is -3.15. The minimum Gasteiger partial charge on any atom is -0.381 e. The van der Waals surface area contributed by atoms with Crippen LogP contribution >= 0.6 is 0 Å². The van der Waals surface area contributed by atoms with E-state index in [2.05, 4.69) is 10.4 Å². The highest BCUT2D eigenvalue weighted by atomic mass is 16.1. The van der Waals surface area contributed by atoms with Gasteiger partial charge in [-0.3, -0.25) is 10.2 Å². The van der Waals surface area contributed by atoms with E-state index in [0.29, 0.717) is 23.1 Å². The molecule has 3 rings (SSSR count). The first-order chi connectivity index (χ1) is 10.7. The lowest BCUT2D eigenvalue weighted by Crippen LogP contribution is -2.31. The fourth-order valence-corrected chi connectivity index (χ4v) is 2.24. The number of nitrogens with two attached hydrogens (primary N) is 1. The SMILES string of the molecule is N=c1c(N)nc2cc(C=O)ccc2n1NCc1ccccc1. The van der Waals surface area contributed by atoms with Gasteiger partial charge in [0.2, 0.25) is 0 Å². The van der Waals surface area contributed by atoms with E-state index in [1.54, 1.807) is 22.9 Å². The average molecular weight is 293 g/mol. The molecule has 3 aromatic rings. The van der Waals surface area contributed by atoms with Crippen LogP contribution in [0.15, 0.2) is 48.5 Å². The molecule has 0 aliphatic rings. The zero-order valence-electron chi connectivity index (χ0n) is 11.8. The molecule has 0 aliphatic carbocycles. The van der Waals surface area contributed by atoms with Crippen molar-refractivity contribution in [1.29, 1.82) is 5.41 Å². The van der Waals surface area contributed by atoms with Gasteiger partial charge in [0, 0.05) is 5.56 Å². The quantitative estimate of drug-likeness (QED) is 0.637. The van der Waals surface area contributed by atoms with Crippen molar-refractivity contribution >= 4 is 23.1 Å². The van der Waals surface area contributed by atoms with Crippen LogP contribution in [0, 0.1) is 5.41 Å². The lowest BCUT2D eigenvalue weighted by molar-refractivity contribution is 0.112. The first-order valence-electron chi connectivity index (χ1n) is 6.79. The van der Waals surface area contributed by atoms with Gasteiger partial charge in [-0.05, 0) is 23.8 Å². The highest BCUT2D eigenvalue weighted by Gasteiger charge is 2.07.